The minimum atomic E-state index is -0.157. The zero-order chi connectivity index (χ0) is 11.0. The molecule has 0 bridgehead atoms. The van der Waals surface area contributed by atoms with Crippen molar-refractivity contribution in [3.63, 3.8) is 0 Å². The molecule has 0 unspecified atom stereocenters. The molecule has 0 N–H and O–H groups in total. The van der Waals surface area contributed by atoms with Crippen LogP contribution >= 0.6 is 0 Å². The van der Waals surface area contributed by atoms with Crippen molar-refractivity contribution in [2.24, 2.45) is 0 Å². The number of hydrogen-bond acceptors (Lipinski definition) is 1. The van der Waals surface area contributed by atoms with Gasteiger partial charge in [-0.15, -0.1) is 6.61 Å². The summed E-state index contributed by atoms with van der Waals surface area (Å²) in [6, 6.07) is 18.4. The Morgan fingerprint density at radius 1 is 0.750 bits per heavy atom. The van der Waals surface area contributed by atoms with Crippen LogP contribution in [0, 0.1) is 0 Å². The van der Waals surface area contributed by atoms with Crippen LogP contribution in [0.25, 0.3) is 21.5 Å². The van der Waals surface area contributed by atoms with Crippen molar-refractivity contribution in [2.45, 2.75) is 6.61 Å². The molecule has 0 radical (unpaired) electrons. The summed E-state index contributed by atoms with van der Waals surface area (Å²) >= 11 is 0. The van der Waals surface area contributed by atoms with Crippen LogP contribution in [0.1, 0.15) is 5.56 Å². The van der Waals surface area contributed by atoms with Crippen molar-refractivity contribution in [1.82, 2.24) is 0 Å². The third-order valence-electron chi connectivity index (χ3n) is 2.99. The van der Waals surface area contributed by atoms with Crippen molar-refractivity contribution in [2.75, 3.05) is 0 Å². The van der Waals surface area contributed by atoms with Crippen LogP contribution in [0.2, 0.25) is 0 Å². The van der Waals surface area contributed by atoms with E-state index in [1.807, 2.05) is 24.3 Å². The Morgan fingerprint density at radius 3 is 2.19 bits per heavy atom. The minimum absolute atomic E-state index is 0.157. The normalized spacial score (nSPS) is 11.1. The van der Waals surface area contributed by atoms with Crippen molar-refractivity contribution < 1.29 is 5.11 Å². The van der Waals surface area contributed by atoms with E-state index in [0.29, 0.717) is 0 Å². The summed E-state index contributed by atoms with van der Waals surface area (Å²) in [7, 11) is 0. The Bertz CT molecular complexity index is 656. The summed E-state index contributed by atoms with van der Waals surface area (Å²) in [6.45, 7) is -0.157. The van der Waals surface area contributed by atoms with Crippen LogP contribution in [0.3, 0.4) is 0 Å². The van der Waals surface area contributed by atoms with E-state index in [4.69, 9.17) is 0 Å². The van der Waals surface area contributed by atoms with Crippen molar-refractivity contribution in [1.29, 1.82) is 0 Å². The second kappa shape index (κ2) is 3.62. The molecule has 1 heteroatoms. The molecule has 0 saturated carbocycles. The van der Waals surface area contributed by atoms with Gasteiger partial charge in [-0.25, -0.2) is 0 Å². The lowest BCUT2D eigenvalue weighted by Crippen LogP contribution is -2.02. The van der Waals surface area contributed by atoms with Gasteiger partial charge in [0.15, 0.2) is 0 Å². The lowest BCUT2D eigenvalue weighted by Gasteiger charge is -2.10. The molecule has 0 aliphatic rings. The van der Waals surface area contributed by atoms with Gasteiger partial charge >= 0.3 is 0 Å². The van der Waals surface area contributed by atoms with Gasteiger partial charge in [0.05, 0.1) is 0 Å². The van der Waals surface area contributed by atoms with E-state index in [1.165, 1.54) is 10.8 Å². The third-order valence-corrected chi connectivity index (χ3v) is 2.99. The topological polar surface area (TPSA) is 23.1 Å². The highest BCUT2D eigenvalue weighted by Gasteiger charge is 1.99. The molecule has 0 aliphatic heterocycles. The zero-order valence-corrected chi connectivity index (χ0v) is 8.81. The highest BCUT2D eigenvalue weighted by Crippen LogP contribution is 2.25. The second-order valence-electron chi connectivity index (χ2n) is 3.98. The van der Waals surface area contributed by atoms with E-state index in [2.05, 4.69) is 30.3 Å². The quantitative estimate of drug-likeness (QED) is 0.563. The molecule has 0 fully saturated rings. The number of rotatable bonds is 1. The molecule has 0 atom stereocenters. The fraction of sp³-hybridized carbons (Fsp3) is 0.0667. The maximum Gasteiger partial charge on any atom is -0.0159 e. The van der Waals surface area contributed by atoms with Gasteiger partial charge in [0.1, 0.15) is 0 Å². The number of benzene rings is 3. The van der Waals surface area contributed by atoms with Gasteiger partial charge in [-0.2, -0.15) is 0 Å². The SMILES string of the molecule is [O-]Cc1cccc2cc3ccccc3cc12. The fourth-order valence-electron chi connectivity index (χ4n) is 2.16. The molecule has 0 aromatic heterocycles. The fourth-order valence-corrected chi connectivity index (χ4v) is 2.16. The first-order chi connectivity index (χ1) is 7.88. The molecule has 3 aromatic carbocycles. The van der Waals surface area contributed by atoms with Crippen molar-refractivity contribution in [3.8, 4) is 0 Å². The van der Waals surface area contributed by atoms with Crippen LogP contribution in [0.4, 0.5) is 0 Å². The number of fused-ring (bicyclic) bond motifs is 2. The first-order valence-electron chi connectivity index (χ1n) is 5.37. The van der Waals surface area contributed by atoms with Gasteiger partial charge < -0.3 is 5.11 Å². The summed E-state index contributed by atoms with van der Waals surface area (Å²) in [5, 5.41) is 15.7. The lowest BCUT2D eigenvalue weighted by molar-refractivity contribution is -0.386. The van der Waals surface area contributed by atoms with Crippen molar-refractivity contribution >= 4 is 21.5 Å². The predicted molar refractivity (Wildman–Crippen MR) is 65.2 cm³/mol. The molecule has 0 aliphatic carbocycles. The Hall–Kier alpha value is -1.86. The first kappa shape index (κ1) is 9.37. The van der Waals surface area contributed by atoms with Crippen LogP contribution in [0.15, 0.2) is 54.6 Å². The molecule has 3 rings (SSSR count). The molecule has 1 nitrogen and oxygen atoms in total. The van der Waals surface area contributed by atoms with E-state index in [-0.39, 0.29) is 6.61 Å². The highest BCUT2D eigenvalue weighted by atomic mass is 16.3. The lowest BCUT2D eigenvalue weighted by atomic mass is 10.0. The predicted octanol–water partition coefficient (Wildman–Crippen LogP) is 2.85. The minimum Gasteiger partial charge on any atom is -0.851 e. The number of hydrogen-bond donors (Lipinski definition) is 0. The molecule has 0 saturated heterocycles. The standard InChI is InChI=1S/C15H11O/c16-10-14-7-3-6-13-8-11-4-1-2-5-12(11)9-15(13)14/h1-9H,10H2/q-1. The molecule has 3 aromatic rings. The smallest absolute Gasteiger partial charge is 0.0159 e. The van der Waals surface area contributed by atoms with Crippen LogP contribution in [0.5, 0.6) is 0 Å². The summed E-state index contributed by atoms with van der Waals surface area (Å²) in [6.07, 6.45) is 0. The van der Waals surface area contributed by atoms with Gasteiger partial charge in [0.2, 0.25) is 0 Å². The van der Waals surface area contributed by atoms with E-state index >= 15 is 0 Å². The van der Waals surface area contributed by atoms with Crippen LogP contribution in [-0.4, -0.2) is 0 Å². The van der Waals surface area contributed by atoms with Gasteiger partial charge in [0, 0.05) is 0 Å². The molecule has 16 heavy (non-hydrogen) atoms. The molecular formula is C15H11O-. The van der Waals surface area contributed by atoms with E-state index in [0.717, 1.165) is 16.3 Å². The first-order valence-corrected chi connectivity index (χ1v) is 5.37. The largest absolute Gasteiger partial charge is 0.851 e. The van der Waals surface area contributed by atoms with Crippen LogP contribution < -0.4 is 5.11 Å². The Kier molecular flexibility index (Phi) is 2.12. The Labute approximate surface area is 94.0 Å². The second-order valence-corrected chi connectivity index (χ2v) is 3.98. The van der Waals surface area contributed by atoms with E-state index in [1.54, 1.807) is 0 Å². The maximum atomic E-state index is 11.1. The van der Waals surface area contributed by atoms with Gasteiger partial charge in [-0.1, -0.05) is 48.0 Å². The summed E-state index contributed by atoms with van der Waals surface area (Å²) in [4.78, 5) is 0. The average molecular weight is 207 g/mol. The molecule has 78 valence electrons. The summed E-state index contributed by atoms with van der Waals surface area (Å²) in [5.41, 5.74) is 0.878. The Morgan fingerprint density at radius 2 is 1.44 bits per heavy atom. The Balaban J connectivity index is 2.46. The van der Waals surface area contributed by atoms with E-state index < -0.39 is 0 Å². The highest BCUT2D eigenvalue weighted by molar-refractivity contribution is 5.99. The molecule has 0 spiro atoms. The maximum absolute atomic E-state index is 11.1. The van der Waals surface area contributed by atoms with Gasteiger partial charge in [0.25, 0.3) is 0 Å². The van der Waals surface area contributed by atoms with Gasteiger partial charge in [-0.3, -0.25) is 0 Å². The molecular weight excluding hydrogens is 196 g/mol. The van der Waals surface area contributed by atoms with Crippen LogP contribution in [-0.2, 0) is 6.61 Å². The zero-order valence-electron chi connectivity index (χ0n) is 8.81. The monoisotopic (exact) mass is 207 g/mol. The van der Waals surface area contributed by atoms with Crippen molar-refractivity contribution in [3.05, 3.63) is 60.2 Å². The summed E-state index contributed by atoms with van der Waals surface area (Å²) in [5.74, 6) is 0. The molecule has 0 heterocycles. The average Bonchev–Trinajstić information content (AvgIpc) is 2.35. The van der Waals surface area contributed by atoms with Gasteiger partial charge in [-0.05, 0) is 33.7 Å². The van der Waals surface area contributed by atoms with E-state index in [9.17, 15) is 5.11 Å². The third kappa shape index (κ3) is 1.37. The molecule has 0 amide bonds. The summed E-state index contributed by atoms with van der Waals surface area (Å²) < 4.78 is 0.